The highest BCUT2D eigenvalue weighted by atomic mass is 16.3. The van der Waals surface area contributed by atoms with Crippen molar-refractivity contribution >= 4 is 16.8 Å². The zero-order valence-electron chi connectivity index (χ0n) is 11.5. The number of likely N-dealkylation sites (tertiary alicyclic amines) is 1. The van der Waals surface area contributed by atoms with Crippen molar-refractivity contribution in [1.29, 1.82) is 0 Å². The molecular formula is C16H20N2O2. The number of carbonyl (C=O) groups is 1. The van der Waals surface area contributed by atoms with E-state index in [1.165, 1.54) is 5.39 Å². The fourth-order valence-corrected chi connectivity index (χ4v) is 2.89. The van der Waals surface area contributed by atoms with E-state index in [0.29, 0.717) is 12.5 Å². The highest BCUT2D eigenvalue weighted by molar-refractivity contribution is 5.83. The van der Waals surface area contributed by atoms with Crippen molar-refractivity contribution in [1.82, 2.24) is 9.47 Å². The van der Waals surface area contributed by atoms with Gasteiger partial charge in [-0.25, -0.2) is 0 Å². The first-order valence-electron chi connectivity index (χ1n) is 7.20. The zero-order valence-corrected chi connectivity index (χ0v) is 11.5. The summed E-state index contributed by atoms with van der Waals surface area (Å²) in [5.41, 5.74) is 1.10. The maximum absolute atomic E-state index is 12.3. The molecule has 1 fully saturated rings. The number of benzene rings is 1. The van der Waals surface area contributed by atoms with Crippen LogP contribution in [-0.4, -0.2) is 40.2 Å². The van der Waals surface area contributed by atoms with E-state index >= 15 is 0 Å². The van der Waals surface area contributed by atoms with Crippen LogP contribution in [0.5, 0.6) is 0 Å². The quantitative estimate of drug-likeness (QED) is 0.927. The molecule has 4 heteroatoms. The van der Waals surface area contributed by atoms with E-state index in [9.17, 15) is 4.79 Å². The second-order valence-electron chi connectivity index (χ2n) is 5.51. The summed E-state index contributed by atoms with van der Waals surface area (Å²) in [6, 6.07) is 10.1. The van der Waals surface area contributed by atoms with E-state index < -0.39 is 0 Å². The van der Waals surface area contributed by atoms with Gasteiger partial charge in [0.15, 0.2) is 0 Å². The largest absolute Gasteiger partial charge is 0.396 e. The Bertz CT molecular complexity index is 597. The number of aromatic nitrogens is 1. The number of piperidine rings is 1. The summed E-state index contributed by atoms with van der Waals surface area (Å²) >= 11 is 0. The molecule has 0 unspecified atom stereocenters. The third kappa shape index (κ3) is 2.56. The van der Waals surface area contributed by atoms with Crippen LogP contribution in [0.4, 0.5) is 0 Å². The molecule has 1 aromatic carbocycles. The summed E-state index contributed by atoms with van der Waals surface area (Å²) in [4.78, 5) is 14.3. The number of nitrogens with zero attached hydrogens (tertiary/aromatic N) is 2. The number of fused-ring (bicyclic) bond motifs is 1. The van der Waals surface area contributed by atoms with Gasteiger partial charge in [0.05, 0.1) is 0 Å². The van der Waals surface area contributed by atoms with Crippen molar-refractivity contribution in [2.24, 2.45) is 5.92 Å². The maximum atomic E-state index is 12.3. The van der Waals surface area contributed by atoms with E-state index in [2.05, 4.69) is 6.07 Å². The lowest BCUT2D eigenvalue weighted by Gasteiger charge is -2.31. The van der Waals surface area contributed by atoms with Gasteiger partial charge in [-0.2, -0.15) is 0 Å². The van der Waals surface area contributed by atoms with Gasteiger partial charge in [0.25, 0.3) is 0 Å². The van der Waals surface area contributed by atoms with Crippen LogP contribution in [0.1, 0.15) is 12.8 Å². The molecule has 2 heterocycles. The van der Waals surface area contributed by atoms with Gasteiger partial charge in [-0.3, -0.25) is 4.79 Å². The molecule has 1 N–H and O–H groups in total. The van der Waals surface area contributed by atoms with Crippen LogP contribution in [0.3, 0.4) is 0 Å². The molecule has 3 rings (SSSR count). The fraction of sp³-hybridized carbons (Fsp3) is 0.438. The first kappa shape index (κ1) is 13.2. The monoisotopic (exact) mass is 272 g/mol. The molecule has 1 aliphatic rings. The Labute approximate surface area is 118 Å². The Kier molecular flexibility index (Phi) is 3.74. The average Bonchev–Trinajstić information content (AvgIpc) is 2.91. The molecule has 0 aliphatic carbocycles. The van der Waals surface area contributed by atoms with Crippen LogP contribution in [0, 0.1) is 5.92 Å². The number of carbonyl (C=O) groups excluding carboxylic acids is 1. The van der Waals surface area contributed by atoms with Gasteiger partial charge in [0.1, 0.15) is 6.54 Å². The van der Waals surface area contributed by atoms with Crippen molar-refractivity contribution < 1.29 is 9.90 Å². The lowest BCUT2D eigenvalue weighted by Crippen LogP contribution is -2.40. The van der Waals surface area contributed by atoms with Gasteiger partial charge < -0.3 is 14.6 Å². The van der Waals surface area contributed by atoms with Crippen LogP contribution < -0.4 is 0 Å². The Morgan fingerprint density at radius 3 is 2.70 bits per heavy atom. The van der Waals surface area contributed by atoms with Gasteiger partial charge in [-0.15, -0.1) is 0 Å². The molecule has 0 radical (unpaired) electrons. The van der Waals surface area contributed by atoms with Crippen molar-refractivity contribution in [3.8, 4) is 0 Å². The summed E-state index contributed by atoms with van der Waals surface area (Å²) in [5.74, 6) is 0.536. The van der Waals surface area contributed by atoms with E-state index in [1.54, 1.807) is 0 Å². The maximum Gasteiger partial charge on any atom is 0.242 e. The number of rotatable bonds is 3. The second kappa shape index (κ2) is 5.67. The number of aliphatic hydroxyl groups excluding tert-OH is 1. The van der Waals surface area contributed by atoms with Gasteiger partial charge in [0, 0.05) is 31.4 Å². The summed E-state index contributed by atoms with van der Waals surface area (Å²) < 4.78 is 2.01. The molecule has 1 aliphatic heterocycles. The molecule has 1 aromatic heterocycles. The number of para-hydroxylation sites is 1. The first-order chi connectivity index (χ1) is 9.78. The third-order valence-corrected chi connectivity index (χ3v) is 4.21. The predicted molar refractivity (Wildman–Crippen MR) is 78.3 cm³/mol. The fourth-order valence-electron chi connectivity index (χ4n) is 2.89. The molecule has 0 atom stereocenters. The van der Waals surface area contributed by atoms with E-state index in [-0.39, 0.29) is 12.5 Å². The number of aliphatic hydroxyl groups is 1. The number of hydrogen-bond acceptors (Lipinski definition) is 2. The zero-order chi connectivity index (χ0) is 13.9. The highest BCUT2D eigenvalue weighted by Gasteiger charge is 2.22. The van der Waals surface area contributed by atoms with Gasteiger partial charge in [-0.1, -0.05) is 18.2 Å². The molecule has 0 spiro atoms. The van der Waals surface area contributed by atoms with Gasteiger partial charge in [0.2, 0.25) is 5.91 Å². The predicted octanol–water partition coefficient (Wildman–Crippen LogP) is 1.87. The summed E-state index contributed by atoms with van der Waals surface area (Å²) in [6.07, 6.45) is 3.80. The van der Waals surface area contributed by atoms with Crippen LogP contribution in [0.25, 0.3) is 10.9 Å². The number of amides is 1. The Morgan fingerprint density at radius 2 is 1.95 bits per heavy atom. The third-order valence-electron chi connectivity index (χ3n) is 4.21. The molecule has 1 saturated heterocycles. The van der Waals surface area contributed by atoms with Gasteiger partial charge >= 0.3 is 0 Å². The summed E-state index contributed by atoms with van der Waals surface area (Å²) in [6.45, 7) is 2.17. The molecule has 20 heavy (non-hydrogen) atoms. The lowest BCUT2D eigenvalue weighted by molar-refractivity contribution is -0.133. The standard InChI is InChI=1S/C16H20N2O2/c19-12-13-5-8-17(9-6-13)16(20)11-18-10-7-14-3-1-2-4-15(14)18/h1-4,7,10,13,19H,5-6,8-9,11-12H2. The van der Waals surface area contributed by atoms with Crippen LogP contribution in [0.15, 0.2) is 36.5 Å². The number of hydrogen-bond donors (Lipinski definition) is 1. The Hall–Kier alpha value is -1.81. The SMILES string of the molecule is O=C(Cn1ccc2ccccc21)N1CCC(CO)CC1. The van der Waals surface area contributed by atoms with Crippen molar-refractivity contribution in [3.63, 3.8) is 0 Å². The van der Waals surface area contributed by atoms with Crippen LogP contribution in [-0.2, 0) is 11.3 Å². The molecule has 1 amide bonds. The molecular weight excluding hydrogens is 252 g/mol. The van der Waals surface area contributed by atoms with Gasteiger partial charge in [-0.05, 0) is 36.3 Å². The summed E-state index contributed by atoms with van der Waals surface area (Å²) in [5, 5.41) is 10.3. The average molecular weight is 272 g/mol. The minimum absolute atomic E-state index is 0.169. The van der Waals surface area contributed by atoms with E-state index in [0.717, 1.165) is 31.4 Å². The van der Waals surface area contributed by atoms with Crippen molar-refractivity contribution in [2.75, 3.05) is 19.7 Å². The van der Waals surface area contributed by atoms with Crippen LogP contribution in [0.2, 0.25) is 0 Å². The second-order valence-corrected chi connectivity index (χ2v) is 5.51. The molecule has 106 valence electrons. The minimum Gasteiger partial charge on any atom is -0.396 e. The Balaban J connectivity index is 1.67. The van der Waals surface area contributed by atoms with Crippen LogP contribution >= 0.6 is 0 Å². The smallest absolute Gasteiger partial charge is 0.242 e. The molecule has 0 saturated carbocycles. The molecule has 2 aromatic rings. The van der Waals surface area contributed by atoms with E-state index in [1.807, 2.05) is 39.9 Å². The van der Waals surface area contributed by atoms with Crippen molar-refractivity contribution in [3.05, 3.63) is 36.5 Å². The Morgan fingerprint density at radius 1 is 1.20 bits per heavy atom. The normalized spacial score (nSPS) is 16.8. The lowest BCUT2D eigenvalue weighted by atomic mass is 9.98. The van der Waals surface area contributed by atoms with E-state index in [4.69, 9.17) is 5.11 Å². The minimum atomic E-state index is 0.169. The highest BCUT2D eigenvalue weighted by Crippen LogP contribution is 2.18. The topological polar surface area (TPSA) is 45.5 Å². The molecule has 4 nitrogen and oxygen atoms in total. The molecule has 0 bridgehead atoms. The van der Waals surface area contributed by atoms with Crippen molar-refractivity contribution in [2.45, 2.75) is 19.4 Å². The summed E-state index contributed by atoms with van der Waals surface area (Å²) in [7, 11) is 0. The first-order valence-corrected chi connectivity index (χ1v) is 7.20.